The smallest absolute Gasteiger partial charge is 0.244 e. The lowest BCUT2D eigenvalue weighted by atomic mass is 9.96. The fraction of sp³-hybridized carbons (Fsp3) is 0.529. The summed E-state index contributed by atoms with van der Waals surface area (Å²) >= 11 is 1.80. The highest BCUT2D eigenvalue weighted by Gasteiger charge is 2.24. The fourth-order valence-electron chi connectivity index (χ4n) is 3.62. The molecule has 1 atom stereocenters. The molecule has 0 aliphatic carbocycles. The maximum atomic E-state index is 12.7. The van der Waals surface area contributed by atoms with E-state index in [0.29, 0.717) is 12.5 Å². The molecule has 1 fully saturated rings. The lowest BCUT2D eigenvalue weighted by Crippen LogP contribution is -2.38. The third kappa shape index (κ3) is 3.05. The van der Waals surface area contributed by atoms with E-state index in [1.54, 1.807) is 11.3 Å². The van der Waals surface area contributed by atoms with Crippen LogP contribution in [0.2, 0.25) is 0 Å². The number of thiophene rings is 1. The molecule has 0 spiro atoms. The minimum atomic E-state index is 0.176. The Morgan fingerprint density at radius 1 is 1.43 bits per heavy atom. The van der Waals surface area contributed by atoms with Crippen molar-refractivity contribution in [1.82, 2.24) is 20.0 Å². The number of aromatic nitrogens is 2. The van der Waals surface area contributed by atoms with Crippen LogP contribution in [0.5, 0.6) is 0 Å². The van der Waals surface area contributed by atoms with Crippen molar-refractivity contribution >= 4 is 17.2 Å². The van der Waals surface area contributed by atoms with E-state index in [1.165, 1.54) is 29.0 Å². The molecule has 0 saturated carbocycles. The highest BCUT2D eigenvalue weighted by Crippen LogP contribution is 2.25. The molecule has 0 aromatic carbocycles. The Morgan fingerprint density at radius 3 is 3.26 bits per heavy atom. The molecular formula is C17H22N4OS. The lowest BCUT2D eigenvalue weighted by Gasteiger charge is -2.28. The van der Waals surface area contributed by atoms with Crippen LogP contribution in [0.4, 0.5) is 0 Å². The molecule has 5 nitrogen and oxygen atoms in total. The number of carbonyl (C=O) groups is 1. The third-order valence-corrected chi connectivity index (χ3v) is 5.93. The van der Waals surface area contributed by atoms with Gasteiger partial charge in [0.25, 0.3) is 0 Å². The van der Waals surface area contributed by atoms with Crippen molar-refractivity contribution in [2.75, 3.05) is 19.6 Å². The van der Waals surface area contributed by atoms with Crippen molar-refractivity contribution in [3.8, 4) is 0 Å². The summed E-state index contributed by atoms with van der Waals surface area (Å²) in [6.45, 7) is 4.02. The largest absolute Gasteiger partial charge is 0.336 e. The van der Waals surface area contributed by atoms with Crippen LogP contribution in [0.25, 0.3) is 0 Å². The zero-order chi connectivity index (χ0) is 15.6. The molecular weight excluding hydrogens is 308 g/mol. The Hall–Kier alpha value is -1.66. The molecule has 0 unspecified atom stereocenters. The Kier molecular flexibility index (Phi) is 4.18. The van der Waals surface area contributed by atoms with Crippen LogP contribution >= 0.6 is 11.3 Å². The first kappa shape index (κ1) is 14.9. The number of hydrogen-bond acceptors (Lipinski definition) is 4. The van der Waals surface area contributed by atoms with Gasteiger partial charge in [-0.2, -0.15) is 5.10 Å². The molecule has 6 heteroatoms. The Labute approximate surface area is 140 Å². The van der Waals surface area contributed by atoms with E-state index in [9.17, 15) is 4.79 Å². The summed E-state index contributed by atoms with van der Waals surface area (Å²) in [6.07, 6.45) is 5.17. The number of nitrogens with one attached hydrogen (secondary N) is 1. The van der Waals surface area contributed by atoms with E-state index in [0.717, 1.165) is 32.6 Å². The summed E-state index contributed by atoms with van der Waals surface area (Å²) in [7, 11) is 0. The van der Waals surface area contributed by atoms with Crippen LogP contribution in [-0.2, 0) is 24.3 Å². The van der Waals surface area contributed by atoms with Gasteiger partial charge in [0, 0.05) is 42.3 Å². The molecule has 1 amide bonds. The van der Waals surface area contributed by atoms with Crippen molar-refractivity contribution < 1.29 is 4.79 Å². The monoisotopic (exact) mass is 330 g/mol. The van der Waals surface area contributed by atoms with Gasteiger partial charge in [-0.3, -0.25) is 9.48 Å². The van der Waals surface area contributed by atoms with E-state index < -0.39 is 0 Å². The van der Waals surface area contributed by atoms with Gasteiger partial charge < -0.3 is 10.2 Å². The average Bonchev–Trinajstić information content (AvgIpc) is 3.23. The van der Waals surface area contributed by atoms with Gasteiger partial charge >= 0.3 is 0 Å². The first-order chi connectivity index (χ1) is 11.3. The van der Waals surface area contributed by atoms with Gasteiger partial charge in [0.05, 0.1) is 0 Å². The van der Waals surface area contributed by atoms with Gasteiger partial charge in [-0.15, -0.1) is 11.3 Å². The van der Waals surface area contributed by atoms with Gasteiger partial charge in [-0.05, 0) is 48.9 Å². The van der Waals surface area contributed by atoms with Crippen molar-refractivity contribution in [1.29, 1.82) is 0 Å². The van der Waals surface area contributed by atoms with Crippen LogP contribution in [-0.4, -0.2) is 40.2 Å². The SMILES string of the molecule is O=C(Cn1nccc1[C@@H]1CCCNC1)N1CCc2sccc2C1. The Balaban J connectivity index is 1.44. The van der Waals surface area contributed by atoms with Crippen molar-refractivity contribution in [2.45, 2.75) is 38.3 Å². The predicted molar refractivity (Wildman–Crippen MR) is 90.5 cm³/mol. The van der Waals surface area contributed by atoms with Gasteiger partial charge in [-0.1, -0.05) is 0 Å². The summed E-state index contributed by atoms with van der Waals surface area (Å²) in [5, 5.41) is 9.97. The molecule has 4 heterocycles. The van der Waals surface area contributed by atoms with Gasteiger partial charge in [-0.25, -0.2) is 0 Å². The van der Waals surface area contributed by atoms with E-state index in [-0.39, 0.29) is 5.91 Å². The number of fused-ring (bicyclic) bond motifs is 1. The molecule has 23 heavy (non-hydrogen) atoms. The number of amides is 1. The van der Waals surface area contributed by atoms with Crippen LogP contribution < -0.4 is 5.32 Å². The summed E-state index contributed by atoms with van der Waals surface area (Å²) in [4.78, 5) is 16.1. The van der Waals surface area contributed by atoms with E-state index in [4.69, 9.17) is 0 Å². The third-order valence-electron chi connectivity index (χ3n) is 4.91. The number of nitrogens with zero attached hydrogens (tertiary/aromatic N) is 3. The van der Waals surface area contributed by atoms with Gasteiger partial charge in [0.1, 0.15) is 6.54 Å². The molecule has 2 aliphatic heterocycles. The maximum Gasteiger partial charge on any atom is 0.244 e. The van der Waals surface area contributed by atoms with Crippen LogP contribution in [0.15, 0.2) is 23.7 Å². The van der Waals surface area contributed by atoms with Crippen LogP contribution in [0, 0.1) is 0 Å². The van der Waals surface area contributed by atoms with Crippen molar-refractivity contribution in [3.05, 3.63) is 39.8 Å². The first-order valence-corrected chi connectivity index (χ1v) is 9.24. The molecule has 1 saturated heterocycles. The van der Waals surface area contributed by atoms with Gasteiger partial charge in [0.15, 0.2) is 0 Å². The molecule has 0 bridgehead atoms. The molecule has 2 aromatic heterocycles. The summed E-state index contributed by atoms with van der Waals surface area (Å²) in [5.41, 5.74) is 2.51. The maximum absolute atomic E-state index is 12.7. The van der Waals surface area contributed by atoms with E-state index >= 15 is 0 Å². The van der Waals surface area contributed by atoms with Gasteiger partial charge in [0.2, 0.25) is 5.91 Å². The minimum Gasteiger partial charge on any atom is -0.336 e. The quantitative estimate of drug-likeness (QED) is 0.936. The number of rotatable bonds is 3. The normalized spacial score (nSPS) is 21.2. The van der Waals surface area contributed by atoms with E-state index in [2.05, 4.69) is 27.9 Å². The Bertz CT molecular complexity index is 686. The molecule has 0 radical (unpaired) electrons. The van der Waals surface area contributed by atoms with Crippen LogP contribution in [0.1, 0.15) is 34.9 Å². The highest BCUT2D eigenvalue weighted by molar-refractivity contribution is 7.10. The lowest BCUT2D eigenvalue weighted by molar-refractivity contribution is -0.133. The number of carbonyl (C=O) groups excluding carboxylic acids is 1. The summed E-state index contributed by atoms with van der Waals surface area (Å²) < 4.78 is 1.91. The second kappa shape index (κ2) is 6.45. The predicted octanol–water partition coefficient (Wildman–Crippen LogP) is 2.00. The zero-order valence-corrected chi connectivity index (χ0v) is 14.0. The summed E-state index contributed by atoms with van der Waals surface area (Å²) in [6, 6.07) is 4.21. The summed E-state index contributed by atoms with van der Waals surface area (Å²) in [5.74, 6) is 0.652. The molecule has 4 rings (SSSR count). The van der Waals surface area contributed by atoms with Crippen LogP contribution in [0.3, 0.4) is 0 Å². The second-order valence-electron chi connectivity index (χ2n) is 6.39. The highest BCUT2D eigenvalue weighted by atomic mass is 32.1. The standard InChI is InChI=1S/C17H22N4OS/c22-17(20-8-4-16-14(11-20)5-9-23-16)12-21-15(3-7-19-21)13-2-1-6-18-10-13/h3,5,7,9,13,18H,1-2,4,6,8,10-12H2/t13-/m1/s1. The number of hydrogen-bond donors (Lipinski definition) is 1. The minimum absolute atomic E-state index is 0.176. The van der Waals surface area contributed by atoms with Crippen molar-refractivity contribution in [2.24, 2.45) is 0 Å². The zero-order valence-electron chi connectivity index (χ0n) is 13.2. The number of piperidine rings is 1. The molecule has 1 N–H and O–H groups in total. The van der Waals surface area contributed by atoms with Crippen molar-refractivity contribution in [3.63, 3.8) is 0 Å². The fourth-order valence-corrected chi connectivity index (χ4v) is 4.51. The van der Waals surface area contributed by atoms with E-state index in [1.807, 2.05) is 15.8 Å². The Morgan fingerprint density at radius 2 is 2.39 bits per heavy atom. The molecule has 122 valence electrons. The average molecular weight is 330 g/mol. The topological polar surface area (TPSA) is 50.2 Å². The molecule has 2 aliphatic rings. The first-order valence-electron chi connectivity index (χ1n) is 8.37. The second-order valence-corrected chi connectivity index (χ2v) is 7.39. The molecule has 2 aromatic rings.